The Bertz CT molecular complexity index is 904. The van der Waals surface area contributed by atoms with E-state index < -0.39 is 0 Å². The van der Waals surface area contributed by atoms with Gasteiger partial charge in [-0.05, 0) is 38.1 Å². The zero-order chi connectivity index (χ0) is 18.6. The smallest absolute Gasteiger partial charge is 0.145 e. The summed E-state index contributed by atoms with van der Waals surface area (Å²) < 4.78 is 5.51. The second-order valence-electron chi connectivity index (χ2n) is 7.28. The first-order valence-corrected chi connectivity index (χ1v) is 9.52. The van der Waals surface area contributed by atoms with Crippen molar-refractivity contribution < 1.29 is 4.74 Å². The number of rotatable bonds is 6. The molecule has 2 aromatic carbocycles. The molecule has 0 amide bonds. The monoisotopic (exact) mass is 362 g/mol. The Kier molecular flexibility index (Phi) is 5.32. The summed E-state index contributed by atoms with van der Waals surface area (Å²) in [6.45, 7) is 5.21. The van der Waals surface area contributed by atoms with Crippen LogP contribution in [-0.4, -0.2) is 41.2 Å². The molecule has 1 unspecified atom stereocenters. The van der Waals surface area contributed by atoms with Crippen LogP contribution in [-0.2, 0) is 17.8 Å². The van der Waals surface area contributed by atoms with Crippen molar-refractivity contribution in [2.45, 2.75) is 32.5 Å². The van der Waals surface area contributed by atoms with Gasteiger partial charge in [0.05, 0.1) is 18.7 Å². The Morgan fingerprint density at radius 2 is 1.93 bits per heavy atom. The quantitative estimate of drug-likeness (QED) is 0.723. The van der Waals surface area contributed by atoms with Gasteiger partial charge in [-0.2, -0.15) is 0 Å². The molecule has 0 saturated carbocycles. The number of para-hydroxylation sites is 1. The first-order valence-electron chi connectivity index (χ1n) is 9.52. The van der Waals surface area contributed by atoms with E-state index in [4.69, 9.17) is 14.7 Å². The minimum atomic E-state index is 0.448. The van der Waals surface area contributed by atoms with E-state index in [0.717, 1.165) is 55.3 Å². The number of aryl methyl sites for hydroxylation is 1. The lowest BCUT2D eigenvalue weighted by Gasteiger charge is -2.22. The summed E-state index contributed by atoms with van der Waals surface area (Å²) in [6.07, 6.45) is 1.07. The molecule has 2 heterocycles. The van der Waals surface area contributed by atoms with Crippen molar-refractivity contribution in [2.24, 2.45) is 0 Å². The van der Waals surface area contributed by atoms with Crippen molar-refractivity contribution in [2.75, 3.05) is 25.6 Å². The van der Waals surface area contributed by atoms with E-state index in [0.29, 0.717) is 6.04 Å². The zero-order valence-electron chi connectivity index (χ0n) is 16.0. The molecule has 1 saturated heterocycles. The maximum Gasteiger partial charge on any atom is 0.145 e. The first-order chi connectivity index (χ1) is 13.2. The van der Waals surface area contributed by atoms with Gasteiger partial charge in [0.25, 0.3) is 0 Å². The molecule has 1 aromatic heterocycles. The standard InChI is InChI=1S/C22H26N4O/c1-16-7-9-17(10-8-16)13-23-22-19-5-3-4-6-20(19)24-21(25-22)14-26(2)18-11-12-27-15-18/h3-10,18H,11-15H2,1-2H3,(H,23,24,25). The van der Waals surface area contributed by atoms with Crippen LogP contribution in [0.1, 0.15) is 23.4 Å². The van der Waals surface area contributed by atoms with Crippen LogP contribution in [0.3, 0.4) is 0 Å². The third kappa shape index (κ3) is 4.26. The topological polar surface area (TPSA) is 50.3 Å². The molecule has 27 heavy (non-hydrogen) atoms. The van der Waals surface area contributed by atoms with Crippen molar-refractivity contribution in [1.82, 2.24) is 14.9 Å². The minimum absolute atomic E-state index is 0.448. The average molecular weight is 362 g/mol. The van der Waals surface area contributed by atoms with Gasteiger partial charge in [-0.1, -0.05) is 42.0 Å². The van der Waals surface area contributed by atoms with Crippen LogP contribution in [0.2, 0.25) is 0 Å². The van der Waals surface area contributed by atoms with E-state index in [-0.39, 0.29) is 0 Å². The molecule has 5 nitrogen and oxygen atoms in total. The van der Waals surface area contributed by atoms with Gasteiger partial charge in [0.15, 0.2) is 0 Å². The predicted molar refractivity (Wildman–Crippen MR) is 109 cm³/mol. The summed E-state index contributed by atoms with van der Waals surface area (Å²) in [6, 6.07) is 17.2. The molecule has 4 rings (SSSR count). The highest BCUT2D eigenvalue weighted by Crippen LogP contribution is 2.22. The predicted octanol–water partition coefficient (Wildman–Crippen LogP) is 3.77. The number of fused-ring (bicyclic) bond motifs is 1. The highest BCUT2D eigenvalue weighted by atomic mass is 16.5. The Labute approximate surface area is 160 Å². The number of nitrogens with one attached hydrogen (secondary N) is 1. The number of ether oxygens (including phenoxy) is 1. The third-order valence-corrected chi connectivity index (χ3v) is 5.15. The lowest BCUT2D eigenvalue weighted by Crippen LogP contribution is -2.32. The number of anilines is 1. The van der Waals surface area contributed by atoms with Crippen LogP contribution < -0.4 is 5.32 Å². The van der Waals surface area contributed by atoms with Gasteiger partial charge >= 0.3 is 0 Å². The maximum atomic E-state index is 5.51. The van der Waals surface area contributed by atoms with E-state index in [1.54, 1.807) is 0 Å². The molecular formula is C22H26N4O. The largest absolute Gasteiger partial charge is 0.380 e. The normalized spacial score (nSPS) is 16.9. The second kappa shape index (κ2) is 8.03. The third-order valence-electron chi connectivity index (χ3n) is 5.15. The van der Waals surface area contributed by atoms with Crippen LogP contribution in [0.15, 0.2) is 48.5 Å². The fourth-order valence-electron chi connectivity index (χ4n) is 3.44. The Morgan fingerprint density at radius 1 is 1.11 bits per heavy atom. The molecule has 0 bridgehead atoms. The molecule has 1 N–H and O–H groups in total. The molecule has 1 aliphatic heterocycles. The SMILES string of the molecule is Cc1ccc(CNc2nc(CN(C)C3CCOC3)nc3ccccc23)cc1. The van der Waals surface area contributed by atoms with Crippen molar-refractivity contribution in [3.63, 3.8) is 0 Å². The molecule has 140 valence electrons. The van der Waals surface area contributed by atoms with Gasteiger partial charge in [0, 0.05) is 24.6 Å². The summed E-state index contributed by atoms with van der Waals surface area (Å²) in [4.78, 5) is 11.9. The highest BCUT2D eigenvalue weighted by Gasteiger charge is 2.21. The van der Waals surface area contributed by atoms with Crippen molar-refractivity contribution in [3.8, 4) is 0 Å². The zero-order valence-corrected chi connectivity index (χ0v) is 16.0. The summed E-state index contributed by atoms with van der Waals surface area (Å²) in [5.41, 5.74) is 3.49. The average Bonchev–Trinajstić information content (AvgIpc) is 3.22. The Morgan fingerprint density at radius 3 is 2.70 bits per heavy atom. The van der Waals surface area contributed by atoms with Gasteiger partial charge in [0.1, 0.15) is 11.6 Å². The minimum Gasteiger partial charge on any atom is -0.380 e. The Hall–Kier alpha value is -2.50. The van der Waals surface area contributed by atoms with Crippen molar-refractivity contribution in [1.29, 1.82) is 0 Å². The number of nitrogens with zero attached hydrogens (tertiary/aromatic N) is 3. The molecule has 3 aromatic rings. The second-order valence-corrected chi connectivity index (χ2v) is 7.28. The molecule has 0 radical (unpaired) electrons. The summed E-state index contributed by atoms with van der Waals surface area (Å²) in [5, 5.41) is 4.57. The summed E-state index contributed by atoms with van der Waals surface area (Å²) >= 11 is 0. The number of aromatic nitrogens is 2. The highest BCUT2D eigenvalue weighted by molar-refractivity contribution is 5.88. The van der Waals surface area contributed by atoms with E-state index >= 15 is 0 Å². The molecule has 1 aliphatic rings. The molecule has 0 aliphatic carbocycles. The van der Waals surface area contributed by atoms with E-state index in [9.17, 15) is 0 Å². The molecule has 1 atom stereocenters. The van der Waals surface area contributed by atoms with E-state index in [2.05, 4.69) is 60.6 Å². The summed E-state index contributed by atoms with van der Waals surface area (Å²) in [5.74, 6) is 1.74. The molecule has 5 heteroatoms. The molecule has 1 fully saturated rings. The van der Waals surface area contributed by atoms with Crippen LogP contribution in [0.5, 0.6) is 0 Å². The number of likely N-dealkylation sites (N-methyl/N-ethyl adjacent to an activating group) is 1. The molecule has 0 spiro atoms. The van der Waals surface area contributed by atoms with Gasteiger partial charge in [-0.25, -0.2) is 9.97 Å². The van der Waals surface area contributed by atoms with Crippen LogP contribution in [0, 0.1) is 6.92 Å². The van der Waals surface area contributed by atoms with Crippen molar-refractivity contribution in [3.05, 3.63) is 65.5 Å². The fourth-order valence-corrected chi connectivity index (χ4v) is 3.44. The van der Waals surface area contributed by atoms with Gasteiger partial charge in [0.2, 0.25) is 0 Å². The number of benzene rings is 2. The van der Waals surface area contributed by atoms with Crippen molar-refractivity contribution >= 4 is 16.7 Å². The lowest BCUT2D eigenvalue weighted by molar-refractivity contribution is 0.155. The van der Waals surface area contributed by atoms with Gasteiger partial charge in [-0.15, -0.1) is 0 Å². The maximum absolute atomic E-state index is 5.51. The molecular weight excluding hydrogens is 336 g/mol. The number of hydrogen-bond acceptors (Lipinski definition) is 5. The summed E-state index contributed by atoms with van der Waals surface area (Å²) in [7, 11) is 2.12. The van der Waals surface area contributed by atoms with Crippen LogP contribution in [0.25, 0.3) is 10.9 Å². The van der Waals surface area contributed by atoms with Gasteiger partial charge in [-0.3, -0.25) is 4.90 Å². The van der Waals surface area contributed by atoms with Crippen LogP contribution in [0.4, 0.5) is 5.82 Å². The van der Waals surface area contributed by atoms with Crippen LogP contribution >= 0.6 is 0 Å². The van der Waals surface area contributed by atoms with E-state index in [1.807, 2.05) is 12.1 Å². The lowest BCUT2D eigenvalue weighted by atomic mass is 10.1. The first kappa shape index (κ1) is 17.9. The van der Waals surface area contributed by atoms with E-state index in [1.165, 1.54) is 11.1 Å². The van der Waals surface area contributed by atoms with Gasteiger partial charge < -0.3 is 10.1 Å². The fraction of sp³-hybridized carbons (Fsp3) is 0.364. The number of hydrogen-bond donors (Lipinski definition) is 1. The Balaban J connectivity index is 1.57.